The van der Waals surface area contributed by atoms with Gasteiger partial charge in [0.25, 0.3) is 0 Å². The molecule has 5 heteroatoms. The summed E-state index contributed by atoms with van der Waals surface area (Å²) in [5.41, 5.74) is 0.0754. The Balaban J connectivity index is 2.03. The van der Waals surface area contributed by atoms with Gasteiger partial charge in [0, 0.05) is 25.2 Å². The van der Waals surface area contributed by atoms with Crippen LogP contribution in [0.3, 0.4) is 0 Å². The van der Waals surface area contributed by atoms with E-state index in [2.05, 4.69) is 6.58 Å². The van der Waals surface area contributed by atoms with Gasteiger partial charge in [0.05, 0.1) is 11.5 Å². The number of ether oxygens (including phenoxy) is 2. The van der Waals surface area contributed by atoms with Crippen LogP contribution < -0.4 is 0 Å². The molecule has 0 aromatic heterocycles. The van der Waals surface area contributed by atoms with E-state index in [4.69, 9.17) is 9.47 Å². The molecule has 0 amide bonds. The summed E-state index contributed by atoms with van der Waals surface area (Å²) in [4.78, 5) is 23.6. The number of aliphatic hydroxyl groups is 1. The van der Waals surface area contributed by atoms with Crippen LogP contribution in [0.15, 0.2) is 12.2 Å². The van der Waals surface area contributed by atoms with Gasteiger partial charge in [-0.15, -0.1) is 0 Å². The van der Waals surface area contributed by atoms with Crippen molar-refractivity contribution >= 4 is 11.9 Å². The van der Waals surface area contributed by atoms with Gasteiger partial charge >= 0.3 is 11.9 Å². The number of carbonyl (C=O) groups is 2. The topological polar surface area (TPSA) is 72.8 Å². The molecular formula is C17H24O5. The first-order valence-corrected chi connectivity index (χ1v) is 8.00. The highest BCUT2D eigenvalue weighted by atomic mass is 16.6. The maximum atomic E-state index is 12.1. The largest absolute Gasteiger partial charge is 0.462 e. The van der Waals surface area contributed by atoms with Gasteiger partial charge < -0.3 is 14.6 Å². The summed E-state index contributed by atoms with van der Waals surface area (Å²) < 4.78 is 11.1. The van der Waals surface area contributed by atoms with Crippen LogP contribution in [0.25, 0.3) is 0 Å². The standard InChI is InChI=1S/C17H24O5/c1-8-5-6-11-13(8)15-14(9(2)16(19)22-15)12(21-10(3)18)7-17(11,4)20/h9,11-15,20H,1,5-7H2,2-4H3/t9-,11?,12-,13?,14+,15+,17+/m0/s1. The van der Waals surface area contributed by atoms with Crippen molar-refractivity contribution < 1.29 is 24.2 Å². The molecule has 0 aromatic carbocycles. The van der Waals surface area contributed by atoms with Crippen LogP contribution in [0.5, 0.6) is 0 Å². The third kappa shape index (κ3) is 2.26. The van der Waals surface area contributed by atoms with Crippen molar-refractivity contribution in [3.8, 4) is 0 Å². The molecule has 2 unspecified atom stereocenters. The van der Waals surface area contributed by atoms with Crippen LogP contribution in [0.1, 0.15) is 40.0 Å². The molecule has 7 atom stereocenters. The SMILES string of the molecule is C=C1CCC2C1[C@H]1OC(=O)[C@@H](C)[C@@H]1[C@@H](OC(C)=O)C[C@@]2(C)O. The lowest BCUT2D eigenvalue weighted by Gasteiger charge is -2.34. The van der Waals surface area contributed by atoms with Gasteiger partial charge in [0.2, 0.25) is 0 Å². The van der Waals surface area contributed by atoms with Crippen molar-refractivity contribution in [1.29, 1.82) is 0 Å². The van der Waals surface area contributed by atoms with E-state index in [1.807, 2.05) is 6.92 Å². The molecule has 3 fully saturated rings. The second kappa shape index (κ2) is 5.08. The van der Waals surface area contributed by atoms with Gasteiger partial charge in [-0.05, 0) is 25.7 Å². The van der Waals surface area contributed by atoms with Crippen LogP contribution in [-0.4, -0.2) is 34.9 Å². The molecule has 3 aliphatic rings. The van der Waals surface area contributed by atoms with Crippen molar-refractivity contribution in [1.82, 2.24) is 0 Å². The molecule has 0 bridgehead atoms. The second-order valence-electron chi connectivity index (χ2n) is 7.31. The second-order valence-corrected chi connectivity index (χ2v) is 7.31. The lowest BCUT2D eigenvalue weighted by Crippen LogP contribution is -2.40. The Bertz CT molecular complexity index is 523. The van der Waals surface area contributed by atoms with Crippen molar-refractivity contribution in [3.05, 3.63) is 12.2 Å². The summed E-state index contributed by atoms with van der Waals surface area (Å²) >= 11 is 0. The fraction of sp³-hybridized carbons (Fsp3) is 0.765. The van der Waals surface area contributed by atoms with Crippen LogP contribution in [0.4, 0.5) is 0 Å². The van der Waals surface area contributed by atoms with Gasteiger partial charge in [-0.1, -0.05) is 19.1 Å². The van der Waals surface area contributed by atoms with Gasteiger partial charge in [0.1, 0.15) is 12.2 Å². The number of esters is 2. The lowest BCUT2D eigenvalue weighted by atomic mass is 9.77. The molecule has 122 valence electrons. The van der Waals surface area contributed by atoms with E-state index < -0.39 is 17.7 Å². The van der Waals surface area contributed by atoms with Crippen molar-refractivity contribution in [2.45, 2.75) is 57.8 Å². The van der Waals surface area contributed by atoms with Gasteiger partial charge in [-0.3, -0.25) is 9.59 Å². The predicted octanol–water partition coefficient (Wildman–Crippen LogP) is 1.83. The number of carbonyl (C=O) groups excluding carboxylic acids is 2. The number of fused-ring (bicyclic) bond motifs is 3. The molecule has 1 saturated heterocycles. The van der Waals surface area contributed by atoms with E-state index >= 15 is 0 Å². The van der Waals surface area contributed by atoms with Crippen LogP contribution >= 0.6 is 0 Å². The van der Waals surface area contributed by atoms with Crippen molar-refractivity contribution in [2.75, 3.05) is 0 Å². The molecule has 3 rings (SSSR count). The zero-order valence-corrected chi connectivity index (χ0v) is 13.4. The molecule has 22 heavy (non-hydrogen) atoms. The first-order valence-electron chi connectivity index (χ1n) is 8.00. The lowest BCUT2D eigenvalue weighted by molar-refractivity contribution is -0.154. The molecule has 1 aliphatic heterocycles. The van der Waals surface area contributed by atoms with Gasteiger partial charge in [0.15, 0.2) is 0 Å². The summed E-state index contributed by atoms with van der Waals surface area (Å²) in [6, 6.07) is 0. The number of hydrogen-bond acceptors (Lipinski definition) is 5. The number of hydrogen-bond donors (Lipinski definition) is 1. The maximum Gasteiger partial charge on any atom is 0.309 e. The third-order valence-electron chi connectivity index (χ3n) is 5.78. The summed E-state index contributed by atoms with van der Waals surface area (Å²) in [6.07, 6.45) is 1.17. The van der Waals surface area contributed by atoms with Crippen LogP contribution in [0.2, 0.25) is 0 Å². The van der Waals surface area contributed by atoms with Crippen LogP contribution in [-0.2, 0) is 19.1 Å². The molecular weight excluding hydrogens is 284 g/mol. The highest BCUT2D eigenvalue weighted by molar-refractivity contribution is 5.75. The summed E-state index contributed by atoms with van der Waals surface area (Å²) in [5.74, 6) is -1.24. The Morgan fingerprint density at radius 1 is 1.50 bits per heavy atom. The molecule has 1 heterocycles. The first kappa shape index (κ1) is 15.5. The molecule has 1 N–H and O–H groups in total. The smallest absolute Gasteiger partial charge is 0.309 e. The highest BCUT2D eigenvalue weighted by Crippen LogP contribution is 2.54. The van der Waals surface area contributed by atoms with E-state index in [0.29, 0.717) is 6.42 Å². The Morgan fingerprint density at radius 3 is 2.82 bits per heavy atom. The van der Waals surface area contributed by atoms with E-state index in [9.17, 15) is 14.7 Å². The molecule has 2 saturated carbocycles. The summed E-state index contributed by atoms with van der Waals surface area (Å²) in [5, 5.41) is 11.0. The minimum Gasteiger partial charge on any atom is -0.462 e. The maximum absolute atomic E-state index is 12.1. The highest BCUT2D eigenvalue weighted by Gasteiger charge is 2.60. The number of rotatable bonds is 1. The van der Waals surface area contributed by atoms with Crippen molar-refractivity contribution in [3.63, 3.8) is 0 Å². The fourth-order valence-electron chi connectivity index (χ4n) is 4.77. The normalized spacial score (nSPS) is 47.5. The third-order valence-corrected chi connectivity index (χ3v) is 5.78. The monoisotopic (exact) mass is 308 g/mol. The van der Waals surface area contributed by atoms with E-state index in [1.165, 1.54) is 6.92 Å². The molecule has 0 radical (unpaired) electrons. The Kier molecular flexibility index (Phi) is 3.59. The van der Waals surface area contributed by atoms with Crippen LogP contribution in [0, 0.1) is 23.7 Å². The molecule has 0 spiro atoms. The minimum absolute atomic E-state index is 0.00819. The predicted molar refractivity (Wildman–Crippen MR) is 78.7 cm³/mol. The fourth-order valence-corrected chi connectivity index (χ4v) is 4.77. The average molecular weight is 308 g/mol. The van der Waals surface area contributed by atoms with E-state index in [-0.39, 0.29) is 35.7 Å². The zero-order chi connectivity index (χ0) is 16.2. The average Bonchev–Trinajstić information content (AvgIpc) is 2.87. The van der Waals surface area contributed by atoms with E-state index in [1.54, 1.807) is 6.92 Å². The summed E-state index contributed by atoms with van der Waals surface area (Å²) in [6.45, 7) is 9.10. The zero-order valence-electron chi connectivity index (χ0n) is 13.4. The Labute approximate surface area is 130 Å². The Hall–Kier alpha value is -1.36. The van der Waals surface area contributed by atoms with Crippen molar-refractivity contribution in [2.24, 2.45) is 23.7 Å². The summed E-state index contributed by atoms with van der Waals surface area (Å²) in [7, 11) is 0. The minimum atomic E-state index is -0.958. The molecule has 0 aromatic rings. The van der Waals surface area contributed by atoms with Gasteiger partial charge in [-0.2, -0.15) is 0 Å². The Morgan fingerprint density at radius 2 is 2.18 bits per heavy atom. The first-order chi connectivity index (χ1) is 10.2. The molecule has 2 aliphatic carbocycles. The van der Waals surface area contributed by atoms with E-state index in [0.717, 1.165) is 18.4 Å². The quantitative estimate of drug-likeness (QED) is 0.591. The molecule has 5 nitrogen and oxygen atoms in total. The van der Waals surface area contributed by atoms with Gasteiger partial charge in [-0.25, -0.2) is 0 Å².